The van der Waals surface area contributed by atoms with E-state index >= 15 is 0 Å². The van der Waals surface area contributed by atoms with E-state index in [1.165, 1.54) is 21.2 Å². The lowest BCUT2D eigenvalue weighted by Crippen LogP contribution is -2.26. The highest BCUT2D eigenvalue weighted by Gasteiger charge is 2.29. The van der Waals surface area contributed by atoms with Crippen molar-refractivity contribution in [1.82, 2.24) is 39.8 Å². The first-order valence-electron chi connectivity index (χ1n) is 21.1. The second kappa shape index (κ2) is 18.9. The molecule has 2 amide bonds. The van der Waals surface area contributed by atoms with Crippen molar-refractivity contribution in [2.75, 3.05) is 23.7 Å². The highest BCUT2D eigenvalue weighted by Crippen LogP contribution is 2.32. The van der Waals surface area contributed by atoms with E-state index in [0.717, 1.165) is 47.9 Å². The number of carbonyl (C=O) groups excluding carboxylic acids is 2. The van der Waals surface area contributed by atoms with Crippen LogP contribution in [0.4, 0.5) is 37.7 Å². The van der Waals surface area contributed by atoms with Crippen molar-refractivity contribution in [3.05, 3.63) is 119 Å². The van der Waals surface area contributed by atoms with Crippen LogP contribution in [0.1, 0.15) is 70.4 Å². The second-order valence-electron chi connectivity index (χ2n) is 16.1. The Bertz CT molecular complexity index is 2900. The lowest BCUT2D eigenvalue weighted by atomic mass is 10.0. The van der Waals surface area contributed by atoms with Gasteiger partial charge in [-0.15, -0.1) is 5.10 Å². The van der Waals surface area contributed by atoms with Crippen molar-refractivity contribution < 1.29 is 40.7 Å². The van der Waals surface area contributed by atoms with Crippen LogP contribution in [0.15, 0.2) is 91.3 Å². The van der Waals surface area contributed by atoms with Crippen LogP contribution >= 0.6 is 11.6 Å². The Morgan fingerprint density at radius 3 is 1.59 bits per heavy atom. The van der Waals surface area contributed by atoms with Crippen LogP contribution < -0.4 is 26.0 Å². The number of aromatic nitrogens is 6. The van der Waals surface area contributed by atoms with E-state index in [4.69, 9.17) is 16.3 Å². The number of para-hydroxylation sites is 1. The summed E-state index contributed by atoms with van der Waals surface area (Å²) in [6.45, 7) is 3.08. The summed E-state index contributed by atoms with van der Waals surface area (Å²) < 4.78 is 84.5. The molecule has 7 aromatic rings. The fourth-order valence-corrected chi connectivity index (χ4v) is 7.20. The third-order valence-corrected chi connectivity index (χ3v) is 10.8. The number of hydrogen-bond acceptors (Lipinski definition) is 9. The van der Waals surface area contributed by atoms with E-state index in [2.05, 4.69) is 41.4 Å². The molecular weight excluding hydrogens is 890 g/mol. The first kappa shape index (κ1) is 45.7. The summed E-state index contributed by atoms with van der Waals surface area (Å²) in [4.78, 5) is 33.6. The second-order valence-corrected chi connectivity index (χ2v) is 16.5. The molecule has 0 aliphatic heterocycles. The maximum Gasteiger partial charge on any atom is 0.390 e. The molecule has 2 saturated carbocycles. The average Bonchev–Trinajstić information content (AvgIpc) is 4.17. The molecule has 3 aromatic carbocycles. The first-order valence-corrected chi connectivity index (χ1v) is 21.5. The Labute approximate surface area is 378 Å². The van der Waals surface area contributed by atoms with Crippen LogP contribution in [-0.2, 0) is 0 Å². The van der Waals surface area contributed by atoms with Crippen molar-refractivity contribution in [3.63, 3.8) is 0 Å². The number of fused-ring (bicyclic) bond motifs is 2. The van der Waals surface area contributed by atoms with Crippen LogP contribution in [0.25, 0.3) is 33.8 Å². The third-order valence-electron chi connectivity index (χ3n) is 10.7. The minimum atomic E-state index is -4.29. The van der Waals surface area contributed by atoms with Crippen LogP contribution in [0.3, 0.4) is 0 Å². The van der Waals surface area contributed by atoms with Crippen molar-refractivity contribution in [1.29, 1.82) is 0 Å². The van der Waals surface area contributed by atoms with Gasteiger partial charge in [-0.1, -0.05) is 41.9 Å². The third kappa shape index (κ3) is 11.5. The molecule has 4 aromatic heterocycles. The number of rotatable bonds is 14. The maximum absolute atomic E-state index is 12.7. The van der Waals surface area contributed by atoms with E-state index in [1.807, 2.05) is 44.2 Å². The topological polar surface area (TPSA) is 152 Å². The Morgan fingerprint density at radius 2 is 1.14 bits per heavy atom. The van der Waals surface area contributed by atoms with Gasteiger partial charge >= 0.3 is 12.4 Å². The summed E-state index contributed by atoms with van der Waals surface area (Å²) in [7, 11) is 0. The molecule has 66 heavy (non-hydrogen) atoms. The SMILES string of the molecule is Cc1cc(-c2cnc3c(NCCC(F)(F)F)cc(Cl)nn23)ccc1C(=O)NC1CC1.Cc1cc(-c2cnc3c(NCCC(F)(F)F)cc(Oc4ccccc4)nn23)ccc1C(=O)NC1CC1. The predicted octanol–water partition coefficient (Wildman–Crippen LogP) is 10.4. The van der Waals surface area contributed by atoms with E-state index in [9.17, 15) is 35.9 Å². The van der Waals surface area contributed by atoms with Crippen LogP contribution in [0.2, 0.25) is 5.15 Å². The Morgan fingerprint density at radius 1 is 0.667 bits per heavy atom. The summed E-state index contributed by atoms with van der Waals surface area (Å²) in [5, 5.41) is 20.4. The van der Waals surface area contributed by atoms with Gasteiger partial charge in [-0.2, -0.15) is 31.4 Å². The van der Waals surface area contributed by atoms with E-state index in [-0.39, 0.29) is 48.0 Å². The van der Waals surface area contributed by atoms with Gasteiger partial charge in [0.15, 0.2) is 16.4 Å². The van der Waals surface area contributed by atoms with Gasteiger partial charge in [0.2, 0.25) is 5.88 Å². The van der Waals surface area contributed by atoms with Crippen molar-refractivity contribution >= 4 is 46.1 Å². The van der Waals surface area contributed by atoms with Crippen LogP contribution in [0.5, 0.6) is 11.6 Å². The number of amides is 2. The number of alkyl halides is 6. The van der Waals surface area contributed by atoms with Gasteiger partial charge in [0.25, 0.3) is 11.8 Å². The van der Waals surface area contributed by atoms with Gasteiger partial charge in [-0.05, 0) is 87.1 Å². The number of nitrogens with one attached hydrogen (secondary N) is 4. The first-order chi connectivity index (χ1) is 31.5. The molecule has 0 spiro atoms. The van der Waals surface area contributed by atoms with E-state index < -0.39 is 25.2 Å². The smallest absolute Gasteiger partial charge is 0.390 e. The van der Waals surface area contributed by atoms with Crippen molar-refractivity contribution in [2.45, 2.75) is 76.8 Å². The number of benzene rings is 3. The van der Waals surface area contributed by atoms with Gasteiger partial charge in [-0.25, -0.2) is 19.0 Å². The molecular formula is C46H43ClF6N10O3. The van der Waals surface area contributed by atoms with Gasteiger partial charge in [0.1, 0.15) is 5.75 Å². The summed E-state index contributed by atoms with van der Waals surface area (Å²) in [6, 6.07) is 23.3. The Kier molecular flexibility index (Phi) is 13.1. The van der Waals surface area contributed by atoms with Crippen LogP contribution in [0, 0.1) is 13.8 Å². The van der Waals surface area contributed by atoms with E-state index in [0.29, 0.717) is 50.9 Å². The number of ether oxygens (including phenoxy) is 1. The Balaban J connectivity index is 0.000000182. The molecule has 4 N–H and O–H groups in total. The summed E-state index contributed by atoms with van der Waals surface area (Å²) >= 11 is 6.09. The molecule has 9 rings (SSSR count). The normalized spacial score (nSPS) is 13.8. The zero-order valence-corrected chi connectivity index (χ0v) is 36.3. The summed E-state index contributed by atoms with van der Waals surface area (Å²) in [5.41, 5.74) is 6.98. The maximum atomic E-state index is 12.7. The highest BCUT2D eigenvalue weighted by molar-refractivity contribution is 6.29. The predicted molar refractivity (Wildman–Crippen MR) is 237 cm³/mol. The number of anilines is 2. The van der Waals surface area contributed by atoms with Crippen molar-refractivity contribution in [2.24, 2.45) is 0 Å². The number of carbonyl (C=O) groups is 2. The van der Waals surface area contributed by atoms with Gasteiger partial charge < -0.3 is 26.0 Å². The zero-order chi connectivity index (χ0) is 46.8. The largest absolute Gasteiger partial charge is 0.438 e. The molecule has 20 heteroatoms. The summed E-state index contributed by atoms with van der Waals surface area (Å²) in [6.07, 6.45) is -3.31. The fraction of sp³-hybridized carbons (Fsp3) is 0.304. The molecule has 2 aliphatic carbocycles. The minimum Gasteiger partial charge on any atom is -0.438 e. The molecule has 2 fully saturated rings. The number of halogens is 7. The highest BCUT2D eigenvalue weighted by atomic mass is 35.5. The minimum absolute atomic E-state index is 0.1000. The molecule has 0 atom stereocenters. The standard InChI is InChI=1S/C26H24F3N5O2.C20H19ClF3N5O/c1-16-13-17(7-10-20(16)25(35)32-18-8-9-18)22-15-31-24-21(30-12-11-26(27,28)29)14-23(33-34(22)24)36-19-5-3-2-4-6-19;1-11-8-12(2-5-14(11)19(30)27-13-3-4-13)16-10-26-18-15(9-17(21)28-29(16)18)25-7-6-20(22,23)24/h2-7,10,13-15,18,30H,8-9,11-12H2,1H3,(H,32,35);2,5,8-10,13,25H,3-4,6-7H2,1H3,(H,27,30). The lowest BCUT2D eigenvalue weighted by Gasteiger charge is -2.13. The monoisotopic (exact) mass is 932 g/mol. The van der Waals surface area contributed by atoms with Crippen molar-refractivity contribution in [3.8, 4) is 34.1 Å². The molecule has 4 heterocycles. The number of nitrogens with zero attached hydrogens (tertiary/aromatic N) is 6. The number of imidazole rings is 2. The number of aryl methyl sites for hydroxylation is 2. The molecule has 2 aliphatic rings. The molecule has 0 bridgehead atoms. The summed E-state index contributed by atoms with van der Waals surface area (Å²) in [5.74, 6) is 0.526. The van der Waals surface area contributed by atoms with Crippen LogP contribution in [-0.4, -0.2) is 78.5 Å². The lowest BCUT2D eigenvalue weighted by molar-refractivity contribution is -0.132. The number of hydrogen-bond donors (Lipinski definition) is 4. The molecule has 13 nitrogen and oxygen atoms in total. The average molecular weight is 933 g/mol. The van der Waals surface area contributed by atoms with Gasteiger partial charge in [0, 0.05) is 59.6 Å². The molecule has 0 saturated heterocycles. The molecule has 0 radical (unpaired) electrons. The quantitative estimate of drug-likeness (QED) is 0.0781. The van der Waals surface area contributed by atoms with Gasteiger partial charge in [0.05, 0.1) is 48.0 Å². The zero-order valence-electron chi connectivity index (χ0n) is 35.5. The fourth-order valence-electron chi connectivity index (χ4n) is 7.01. The van der Waals surface area contributed by atoms with E-state index in [1.54, 1.807) is 48.8 Å². The molecule has 344 valence electrons. The van der Waals surface area contributed by atoms with Gasteiger partial charge in [-0.3, -0.25) is 9.59 Å². The molecule has 0 unspecified atom stereocenters. The Hall–Kier alpha value is -6.89.